The summed E-state index contributed by atoms with van der Waals surface area (Å²) in [4.78, 5) is 13.4. The number of benzene rings is 1. The van der Waals surface area contributed by atoms with Crippen LogP contribution in [0.2, 0.25) is 0 Å². The number of likely N-dealkylation sites (N-methyl/N-ethyl adjacent to an activating group) is 2. The first-order chi connectivity index (χ1) is 8.62. The third-order valence-corrected chi connectivity index (χ3v) is 2.64. The molecule has 18 heavy (non-hydrogen) atoms. The summed E-state index contributed by atoms with van der Waals surface area (Å²) in [7, 11) is 0. The number of carbonyl (C=O) groups excluding carboxylic acids is 1. The van der Waals surface area contributed by atoms with E-state index in [0.29, 0.717) is 24.3 Å². The van der Waals surface area contributed by atoms with Crippen molar-refractivity contribution in [3.8, 4) is 0 Å². The van der Waals surface area contributed by atoms with Crippen LogP contribution in [0.5, 0.6) is 0 Å². The van der Waals surface area contributed by atoms with Gasteiger partial charge in [-0.25, -0.2) is 4.39 Å². The molecule has 1 aromatic rings. The largest absolute Gasteiger partial charge is 0.392 e. The van der Waals surface area contributed by atoms with Crippen LogP contribution in [0.1, 0.15) is 19.4 Å². The zero-order chi connectivity index (χ0) is 13.5. The summed E-state index contributed by atoms with van der Waals surface area (Å²) in [5.41, 5.74) is 1.17. The smallest absolute Gasteiger partial charge is 0.239 e. The molecule has 0 atom stereocenters. The number of amides is 1. The Balaban J connectivity index is 2.90. The molecule has 100 valence electrons. The quantitative estimate of drug-likeness (QED) is 0.804. The Hall–Kier alpha value is -1.62. The van der Waals surface area contributed by atoms with E-state index in [0.717, 1.165) is 0 Å². The minimum Gasteiger partial charge on any atom is -0.392 e. The minimum absolute atomic E-state index is 0.0902. The molecular weight excluding hydrogens is 235 g/mol. The molecule has 0 aromatic heterocycles. The second-order valence-electron chi connectivity index (χ2n) is 3.90. The van der Waals surface area contributed by atoms with Crippen LogP contribution < -0.4 is 10.2 Å². The highest BCUT2D eigenvalue weighted by Gasteiger charge is 2.13. The van der Waals surface area contributed by atoms with Gasteiger partial charge in [0.1, 0.15) is 5.82 Å². The zero-order valence-electron chi connectivity index (χ0n) is 10.7. The molecule has 0 aliphatic rings. The Labute approximate surface area is 106 Å². The third-order valence-electron chi connectivity index (χ3n) is 2.64. The molecule has 1 aromatic carbocycles. The van der Waals surface area contributed by atoms with Gasteiger partial charge in [-0.15, -0.1) is 0 Å². The molecule has 0 fully saturated rings. The fraction of sp³-hybridized carbons (Fsp3) is 0.462. The van der Waals surface area contributed by atoms with E-state index in [4.69, 9.17) is 0 Å². The molecule has 0 saturated carbocycles. The lowest BCUT2D eigenvalue weighted by Gasteiger charge is -2.24. The van der Waals surface area contributed by atoms with Gasteiger partial charge < -0.3 is 15.3 Å². The summed E-state index contributed by atoms with van der Waals surface area (Å²) in [5, 5.41) is 11.9. The molecule has 1 amide bonds. The number of carbonyl (C=O) groups is 1. The number of nitrogens with zero attached hydrogens (tertiary/aromatic N) is 1. The second kappa shape index (κ2) is 6.96. The van der Waals surface area contributed by atoms with Crippen molar-refractivity contribution < 1.29 is 14.3 Å². The monoisotopic (exact) mass is 254 g/mol. The maximum atomic E-state index is 13.1. The Kier molecular flexibility index (Phi) is 5.58. The molecule has 0 aliphatic carbocycles. The summed E-state index contributed by atoms with van der Waals surface area (Å²) in [6.07, 6.45) is 0. The fourth-order valence-electron chi connectivity index (χ4n) is 1.78. The Bertz CT molecular complexity index is 410. The number of rotatable bonds is 6. The third kappa shape index (κ3) is 3.70. The average Bonchev–Trinajstić information content (AvgIpc) is 2.36. The highest BCUT2D eigenvalue weighted by molar-refractivity contribution is 5.81. The van der Waals surface area contributed by atoms with Gasteiger partial charge in [0, 0.05) is 24.3 Å². The summed E-state index contributed by atoms with van der Waals surface area (Å²) in [6, 6.07) is 4.20. The number of anilines is 1. The van der Waals surface area contributed by atoms with Crippen molar-refractivity contribution in [3.63, 3.8) is 0 Å². The molecule has 2 N–H and O–H groups in total. The highest BCUT2D eigenvalue weighted by atomic mass is 19.1. The van der Waals surface area contributed by atoms with Crippen molar-refractivity contribution in [2.45, 2.75) is 20.5 Å². The summed E-state index contributed by atoms with van der Waals surface area (Å²) < 4.78 is 13.1. The molecule has 0 unspecified atom stereocenters. The van der Waals surface area contributed by atoms with Crippen LogP contribution in [-0.4, -0.2) is 30.6 Å². The second-order valence-corrected chi connectivity index (χ2v) is 3.90. The van der Waals surface area contributed by atoms with Gasteiger partial charge in [-0.3, -0.25) is 4.79 Å². The van der Waals surface area contributed by atoms with E-state index < -0.39 is 5.82 Å². The van der Waals surface area contributed by atoms with Crippen LogP contribution in [0.25, 0.3) is 0 Å². The van der Waals surface area contributed by atoms with E-state index in [1.54, 1.807) is 11.0 Å². The lowest BCUT2D eigenvalue weighted by Crippen LogP contribution is -2.37. The number of halogens is 1. The number of aliphatic hydroxyl groups is 1. The van der Waals surface area contributed by atoms with Gasteiger partial charge in [0.2, 0.25) is 5.91 Å². The molecule has 0 bridgehead atoms. The van der Waals surface area contributed by atoms with Crippen molar-refractivity contribution in [1.29, 1.82) is 0 Å². The SMILES string of the molecule is CCNC(=O)CN(CC)c1ccc(F)cc1CO. The molecule has 0 heterocycles. The summed E-state index contributed by atoms with van der Waals surface area (Å²) in [5.74, 6) is -0.482. The van der Waals surface area contributed by atoms with Crippen molar-refractivity contribution in [2.24, 2.45) is 0 Å². The van der Waals surface area contributed by atoms with Crippen LogP contribution >= 0.6 is 0 Å². The summed E-state index contributed by atoms with van der Waals surface area (Å²) >= 11 is 0. The van der Waals surface area contributed by atoms with Crippen LogP contribution in [-0.2, 0) is 11.4 Å². The van der Waals surface area contributed by atoms with E-state index in [1.807, 2.05) is 13.8 Å². The maximum absolute atomic E-state index is 13.1. The van der Waals surface area contributed by atoms with Gasteiger partial charge in [-0.05, 0) is 32.0 Å². The predicted molar refractivity (Wildman–Crippen MR) is 68.9 cm³/mol. The number of hydrogen-bond donors (Lipinski definition) is 2. The molecule has 0 radical (unpaired) electrons. The molecule has 4 nitrogen and oxygen atoms in total. The lowest BCUT2D eigenvalue weighted by molar-refractivity contribution is -0.119. The van der Waals surface area contributed by atoms with Crippen LogP contribution in [0, 0.1) is 5.82 Å². The number of nitrogens with one attached hydrogen (secondary N) is 1. The first-order valence-electron chi connectivity index (χ1n) is 6.03. The van der Waals surface area contributed by atoms with Crippen LogP contribution in [0.15, 0.2) is 18.2 Å². The van der Waals surface area contributed by atoms with Crippen molar-refractivity contribution in [1.82, 2.24) is 5.32 Å². The topological polar surface area (TPSA) is 52.6 Å². The Morgan fingerprint density at radius 2 is 2.17 bits per heavy atom. The normalized spacial score (nSPS) is 10.2. The molecule has 5 heteroatoms. The van der Waals surface area contributed by atoms with Crippen LogP contribution in [0.3, 0.4) is 0 Å². The van der Waals surface area contributed by atoms with E-state index >= 15 is 0 Å². The number of hydrogen-bond acceptors (Lipinski definition) is 3. The van der Waals surface area contributed by atoms with E-state index in [2.05, 4.69) is 5.32 Å². The Morgan fingerprint density at radius 1 is 1.44 bits per heavy atom. The van der Waals surface area contributed by atoms with Gasteiger partial charge in [0.05, 0.1) is 13.2 Å². The van der Waals surface area contributed by atoms with Crippen molar-refractivity contribution >= 4 is 11.6 Å². The first kappa shape index (κ1) is 14.4. The zero-order valence-corrected chi connectivity index (χ0v) is 10.7. The lowest BCUT2D eigenvalue weighted by atomic mass is 10.1. The van der Waals surface area contributed by atoms with Gasteiger partial charge in [0.25, 0.3) is 0 Å². The molecule has 0 aliphatic heterocycles. The molecule has 0 saturated heterocycles. The average molecular weight is 254 g/mol. The molecule has 0 spiro atoms. The summed E-state index contributed by atoms with van der Waals surface area (Å²) in [6.45, 7) is 4.89. The van der Waals surface area contributed by atoms with Gasteiger partial charge in [-0.2, -0.15) is 0 Å². The minimum atomic E-state index is -0.392. The van der Waals surface area contributed by atoms with E-state index in [1.165, 1.54) is 12.1 Å². The molecule has 1 rings (SSSR count). The molecular formula is C13H19FN2O2. The highest BCUT2D eigenvalue weighted by Crippen LogP contribution is 2.21. The van der Waals surface area contributed by atoms with Crippen molar-refractivity contribution in [2.75, 3.05) is 24.5 Å². The fourth-order valence-corrected chi connectivity index (χ4v) is 1.78. The van der Waals surface area contributed by atoms with E-state index in [-0.39, 0.29) is 19.1 Å². The van der Waals surface area contributed by atoms with Gasteiger partial charge >= 0.3 is 0 Å². The first-order valence-corrected chi connectivity index (χ1v) is 6.03. The number of aliphatic hydroxyl groups excluding tert-OH is 1. The van der Waals surface area contributed by atoms with Crippen molar-refractivity contribution in [3.05, 3.63) is 29.6 Å². The standard InChI is InChI=1S/C13H19FN2O2/c1-3-15-13(18)8-16(4-2)12-6-5-11(14)7-10(12)9-17/h5-7,17H,3-4,8-9H2,1-2H3,(H,15,18). The predicted octanol–water partition coefficient (Wildman–Crippen LogP) is 1.28. The van der Waals surface area contributed by atoms with Gasteiger partial charge in [0.15, 0.2) is 0 Å². The Morgan fingerprint density at radius 3 is 2.72 bits per heavy atom. The maximum Gasteiger partial charge on any atom is 0.239 e. The van der Waals surface area contributed by atoms with Crippen LogP contribution in [0.4, 0.5) is 10.1 Å². The van der Waals surface area contributed by atoms with Gasteiger partial charge in [-0.1, -0.05) is 0 Å². The van der Waals surface area contributed by atoms with E-state index in [9.17, 15) is 14.3 Å².